The van der Waals surface area contributed by atoms with E-state index in [1.165, 1.54) is 12.3 Å². The molecule has 2 aromatic rings. The monoisotopic (exact) mass is 633 g/mol. The molecule has 2 amide bonds. The van der Waals surface area contributed by atoms with Crippen molar-refractivity contribution in [3.63, 3.8) is 0 Å². The summed E-state index contributed by atoms with van der Waals surface area (Å²) in [6.07, 6.45) is 4.96. The van der Waals surface area contributed by atoms with Crippen molar-refractivity contribution >= 4 is 40.8 Å². The number of ether oxygens (including phenoxy) is 1. The highest BCUT2D eigenvalue weighted by molar-refractivity contribution is 6.30. The summed E-state index contributed by atoms with van der Waals surface area (Å²) in [6.45, 7) is 8.02. The van der Waals surface area contributed by atoms with Gasteiger partial charge in [0.15, 0.2) is 11.0 Å². The molecule has 4 aliphatic rings. The maximum Gasteiger partial charge on any atom is 0.238 e. The maximum absolute atomic E-state index is 16.0. The van der Waals surface area contributed by atoms with Crippen LogP contribution in [0.1, 0.15) is 83.3 Å². The molecule has 1 aliphatic carbocycles. The van der Waals surface area contributed by atoms with Gasteiger partial charge in [0, 0.05) is 23.2 Å². The number of amides is 2. The summed E-state index contributed by atoms with van der Waals surface area (Å²) in [7, 11) is 0. The van der Waals surface area contributed by atoms with Crippen LogP contribution in [0.15, 0.2) is 24.4 Å². The van der Waals surface area contributed by atoms with Gasteiger partial charge in [-0.15, -0.1) is 0 Å². The van der Waals surface area contributed by atoms with Crippen molar-refractivity contribution < 1.29 is 23.8 Å². The Balaban J connectivity index is 1.47. The molecule has 2 spiro atoms. The molecule has 232 valence electrons. The van der Waals surface area contributed by atoms with Crippen LogP contribution in [-0.4, -0.2) is 62.8 Å². The van der Waals surface area contributed by atoms with Crippen LogP contribution in [0.2, 0.25) is 10.3 Å². The Hall–Kier alpha value is -2.37. The number of pyridine rings is 2. The summed E-state index contributed by atoms with van der Waals surface area (Å²) < 4.78 is 21.9. The lowest BCUT2D eigenvalue weighted by Crippen LogP contribution is -2.61. The second-order valence-corrected chi connectivity index (χ2v) is 14.6. The van der Waals surface area contributed by atoms with Crippen molar-refractivity contribution in [1.82, 2.24) is 20.6 Å². The Morgan fingerprint density at radius 1 is 1.16 bits per heavy atom. The number of anilines is 1. The highest BCUT2D eigenvalue weighted by Gasteiger charge is 2.73. The topological polar surface area (TPSA) is 125 Å². The number of nitrogens with zero attached hydrogens (tertiary/aromatic N) is 2. The first-order chi connectivity index (χ1) is 20.2. The number of aliphatic hydroxyl groups is 1. The molecule has 5 heterocycles. The summed E-state index contributed by atoms with van der Waals surface area (Å²) in [5, 5.41) is 20.0. The van der Waals surface area contributed by atoms with E-state index in [4.69, 9.17) is 27.9 Å². The summed E-state index contributed by atoms with van der Waals surface area (Å²) in [5.74, 6) is -2.15. The molecule has 3 aliphatic heterocycles. The van der Waals surface area contributed by atoms with Crippen LogP contribution in [0.3, 0.4) is 0 Å². The normalized spacial score (nSPS) is 31.2. The van der Waals surface area contributed by atoms with Crippen LogP contribution < -0.4 is 16.0 Å². The molecule has 9 nitrogen and oxygen atoms in total. The largest absolute Gasteiger partial charge is 0.388 e. The van der Waals surface area contributed by atoms with E-state index in [0.29, 0.717) is 37.1 Å². The van der Waals surface area contributed by atoms with Crippen LogP contribution in [0.4, 0.5) is 10.2 Å². The Labute approximate surface area is 260 Å². The van der Waals surface area contributed by atoms with Crippen molar-refractivity contribution in [2.24, 2.45) is 5.41 Å². The lowest BCUT2D eigenvalue weighted by atomic mass is 9.53. The first-order valence-electron chi connectivity index (χ1n) is 14.9. The third-order valence-corrected chi connectivity index (χ3v) is 10.7. The van der Waals surface area contributed by atoms with Gasteiger partial charge >= 0.3 is 0 Å². The molecule has 0 aromatic carbocycles. The lowest BCUT2D eigenvalue weighted by molar-refractivity contribution is -0.131. The Morgan fingerprint density at radius 2 is 1.88 bits per heavy atom. The average molecular weight is 635 g/mol. The lowest BCUT2D eigenvalue weighted by Gasteiger charge is -2.50. The summed E-state index contributed by atoms with van der Waals surface area (Å²) >= 11 is 12.5. The standard InChI is InChI=1S/C31H38Cl2FN5O4/c1-28(2)10-12-30(13-11-28)31(18-6-8-20(32)37-25(18)38-27(31)41)21(17-9-14-35-24(33)22(17)34)23(39-30)26(40)36-16-5-7-19(43-15-16)29(3,4)42/h6,8-9,14,16,19,21,23,39,42H,5,7,10-13,15H2,1-4H3,(H,36,40)(H,37,38,41)/t16-,19+,21+,23-,31-/m1/s1. The summed E-state index contributed by atoms with van der Waals surface area (Å²) in [4.78, 5) is 37.1. The zero-order chi connectivity index (χ0) is 30.9. The quantitative estimate of drug-likeness (QED) is 0.361. The van der Waals surface area contributed by atoms with E-state index in [0.717, 1.165) is 12.8 Å². The molecular weight excluding hydrogens is 596 g/mol. The van der Waals surface area contributed by atoms with Gasteiger partial charge in [0.2, 0.25) is 11.8 Å². The molecule has 0 unspecified atom stereocenters. The van der Waals surface area contributed by atoms with Crippen molar-refractivity contribution in [2.75, 3.05) is 11.9 Å². The zero-order valence-corrected chi connectivity index (χ0v) is 26.3. The van der Waals surface area contributed by atoms with Gasteiger partial charge in [-0.1, -0.05) is 43.1 Å². The van der Waals surface area contributed by atoms with Crippen LogP contribution in [0, 0.1) is 11.2 Å². The number of fused-ring (bicyclic) bond motifs is 3. The second-order valence-electron chi connectivity index (χ2n) is 13.9. The van der Waals surface area contributed by atoms with E-state index in [9.17, 15) is 14.7 Å². The van der Waals surface area contributed by atoms with E-state index >= 15 is 4.39 Å². The van der Waals surface area contributed by atoms with Gasteiger partial charge in [0.25, 0.3) is 0 Å². The molecule has 4 N–H and O–H groups in total. The van der Waals surface area contributed by atoms with E-state index in [1.807, 2.05) is 0 Å². The SMILES string of the molecule is CC1(C)CCC2(CC1)N[C@@H](C(=O)N[C@@H]1CC[C@@H](C(C)(C)O)OC1)[C@H](c1ccnc(Cl)c1F)[C@]21C(=O)Nc2nc(Cl)ccc21. The van der Waals surface area contributed by atoms with Crippen molar-refractivity contribution in [3.8, 4) is 0 Å². The summed E-state index contributed by atoms with van der Waals surface area (Å²) in [5.41, 5.74) is -2.54. The van der Waals surface area contributed by atoms with Crippen LogP contribution in [-0.2, 0) is 19.7 Å². The third kappa shape index (κ3) is 4.94. The molecule has 43 heavy (non-hydrogen) atoms. The Bertz CT molecular complexity index is 1450. The molecule has 1 saturated carbocycles. The zero-order valence-electron chi connectivity index (χ0n) is 24.8. The van der Waals surface area contributed by atoms with Crippen LogP contribution in [0.5, 0.6) is 0 Å². The molecule has 12 heteroatoms. The minimum Gasteiger partial charge on any atom is -0.388 e. The number of aromatic nitrogens is 2. The van der Waals surface area contributed by atoms with E-state index in [2.05, 4.69) is 39.8 Å². The maximum atomic E-state index is 16.0. The predicted molar refractivity (Wildman–Crippen MR) is 161 cm³/mol. The third-order valence-electron chi connectivity index (χ3n) is 10.2. The van der Waals surface area contributed by atoms with Gasteiger partial charge < -0.3 is 20.5 Å². The number of hydrogen-bond acceptors (Lipinski definition) is 7. The Morgan fingerprint density at radius 3 is 2.53 bits per heavy atom. The van der Waals surface area contributed by atoms with Crippen molar-refractivity contribution in [1.29, 1.82) is 0 Å². The van der Waals surface area contributed by atoms with Crippen LogP contribution in [0.25, 0.3) is 0 Å². The minimum atomic E-state index is -1.39. The Kier molecular flexibility index (Phi) is 7.57. The predicted octanol–water partition coefficient (Wildman–Crippen LogP) is 4.64. The molecule has 2 aromatic heterocycles. The van der Waals surface area contributed by atoms with E-state index in [1.54, 1.807) is 26.0 Å². The van der Waals surface area contributed by atoms with Gasteiger partial charge in [0.1, 0.15) is 16.4 Å². The first-order valence-corrected chi connectivity index (χ1v) is 15.6. The highest BCUT2D eigenvalue weighted by atomic mass is 35.5. The fourth-order valence-corrected chi connectivity index (χ4v) is 8.22. The first kappa shape index (κ1) is 30.6. The minimum absolute atomic E-state index is 0.0296. The number of rotatable bonds is 4. The van der Waals surface area contributed by atoms with Gasteiger partial charge in [-0.3, -0.25) is 14.9 Å². The van der Waals surface area contributed by atoms with Crippen molar-refractivity contribution in [2.45, 2.75) is 107 Å². The van der Waals surface area contributed by atoms with Gasteiger partial charge in [-0.25, -0.2) is 14.4 Å². The second kappa shape index (κ2) is 10.6. The van der Waals surface area contributed by atoms with E-state index in [-0.39, 0.29) is 51.9 Å². The highest BCUT2D eigenvalue weighted by Crippen LogP contribution is 2.63. The van der Waals surface area contributed by atoms with Gasteiger partial charge in [-0.2, -0.15) is 0 Å². The number of halogens is 3. The number of carbonyl (C=O) groups is 2. The number of nitrogens with one attached hydrogen (secondary N) is 3. The molecule has 0 bridgehead atoms. The fraction of sp³-hybridized carbons (Fsp3) is 0.613. The molecule has 2 saturated heterocycles. The number of hydrogen-bond donors (Lipinski definition) is 4. The average Bonchev–Trinajstić information content (AvgIpc) is 3.39. The molecular formula is C31H38Cl2FN5O4. The number of carbonyl (C=O) groups excluding carboxylic acids is 2. The van der Waals surface area contributed by atoms with Crippen molar-refractivity contribution in [3.05, 3.63) is 51.6 Å². The van der Waals surface area contributed by atoms with Gasteiger partial charge in [0.05, 0.1) is 30.4 Å². The van der Waals surface area contributed by atoms with E-state index < -0.39 is 34.3 Å². The molecule has 6 rings (SSSR count). The molecule has 0 radical (unpaired) electrons. The fourth-order valence-electron chi connectivity index (χ4n) is 7.91. The summed E-state index contributed by atoms with van der Waals surface area (Å²) in [6, 6.07) is 3.59. The van der Waals surface area contributed by atoms with Gasteiger partial charge in [-0.05, 0) is 75.5 Å². The van der Waals surface area contributed by atoms with Crippen LogP contribution >= 0.6 is 23.2 Å². The smallest absolute Gasteiger partial charge is 0.238 e. The molecule has 5 atom stereocenters. The molecule has 3 fully saturated rings.